The van der Waals surface area contributed by atoms with Crippen molar-refractivity contribution in [3.8, 4) is 0 Å². The van der Waals surface area contributed by atoms with E-state index in [0.717, 1.165) is 29.8 Å². The van der Waals surface area contributed by atoms with Crippen LogP contribution >= 0.6 is 23.1 Å². The molecule has 1 aromatic rings. The Morgan fingerprint density at radius 3 is 2.67 bits per heavy atom. The number of aryl methyl sites for hydroxylation is 1. The van der Waals surface area contributed by atoms with Gasteiger partial charge in [0.05, 0.1) is 0 Å². The van der Waals surface area contributed by atoms with E-state index in [0.29, 0.717) is 18.0 Å². The predicted octanol–water partition coefficient (Wildman–Crippen LogP) is 2.73. The molecular formula is C14H24N2O2S3. The average molecular weight is 349 g/mol. The number of nitrogens with one attached hydrogen (secondary N) is 2. The normalized spacial score (nSPS) is 17.7. The Bertz CT molecular complexity index is 572. The Morgan fingerprint density at radius 1 is 1.43 bits per heavy atom. The third kappa shape index (κ3) is 3.82. The number of thiophene rings is 1. The SMILES string of the molecule is CCNCc1scc(C)c1S(=O)(=O)NCC1(SC)CCC1. The molecule has 0 atom stereocenters. The summed E-state index contributed by atoms with van der Waals surface area (Å²) >= 11 is 3.30. The van der Waals surface area contributed by atoms with Crippen molar-refractivity contribution in [1.82, 2.24) is 10.0 Å². The van der Waals surface area contributed by atoms with Gasteiger partial charge in [-0.05, 0) is 43.5 Å². The fourth-order valence-corrected chi connectivity index (χ4v) is 6.44. The summed E-state index contributed by atoms with van der Waals surface area (Å²) in [5.74, 6) is 0. The molecule has 0 amide bonds. The van der Waals surface area contributed by atoms with Crippen molar-refractivity contribution >= 4 is 33.1 Å². The van der Waals surface area contributed by atoms with Crippen molar-refractivity contribution < 1.29 is 8.42 Å². The average Bonchev–Trinajstić information content (AvgIpc) is 2.77. The van der Waals surface area contributed by atoms with Crippen LogP contribution in [-0.2, 0) is 16.6 Å². The first-order chi connectivity index (χ1) is 9.94. The second-order valence-corrected chi connectivity index (χ2v) is 9.46. The molecule has 1 aliphatic carbocycles. The maximum Gasteiger partial charge on any atom is 0.242 e. The monoisotopic (exact) mass is 348 g/mol. The van der Waals surface area contributed by atoms with E-state index in [1.165, 1.54) is 17.8 Å². The minimum Gasteiger partial charge on any atom is -0.312 e. The minimum absolute atomic E-state index is 0.110. The zero-order chi connectivity index (χ0) is 15.5. The molecule has 1 saturated carbocycles. The highest BCUT2D eigenvalue weighted by Crippen LogP contribution is 2.42. The Balaban J connectivity index is 2.13. The Kier molecular flexibility index (Phi) is 5.76. The van der Waals surface area contributed by atoms with Crippen LogP contribution < -0.4 is 10.0 Å². The predicted molar refractivity (Wildman–Crippen MR) is 91.7 cm³/mol. The van der Waals surface area contributed by atoms with Gasteiger partial charge in [0.2, 0.25) is 10.0 Å². The largest absolute Gasteiger partial charge is 0.312 e. The van der Waals surface area contributed by atoms with Crippen molar-refractivity contribution in [1.29, 1.82) is 0 Å². The third-order valence-corrected chi connectivity index (χ3v) is 8.36. The van der Waals surface area contributed by atoms with Gasteiger partial charge in [-0.1, -0.05) is 13.3 Å². The van der Waals surface area contributed by atoms with Crippen molar-refractivity contribution in [2.75, 3.05) is 19.3 Å². The molecule has 7 heteroatoms. The van der Waals surface area contributed by atoms with Crippen LogP contribution in [0.1, 0.15) is 36.6 Å². The molecule has 0 saturated heterocycles. The molecule has 1 heterocycles. The van der Waals surface area contributed by atoms with Gasteiger partial charge in [-0.25, -0.2) is 13.1 Å². The molecule has 21 heavy (non-hydrogen) atoms. The van der Waals surface area contributed by atoms with Gasteiger partial charge < -0.3 is 5.32 Å². The van der Waals surface area contributed by atoms with Gasteiger partial charge in [-0.3, -0.25) is 0 Å². The topological polar surface area (TPSA) is 58.2 Å². The maximum atomic E-state index is 12.7. The molecule has 120 valence electrons. The van der Waals surface area contributed by atoms with Crippen LogP contribution in [0.5, 0.6) is 0 Å². The van der Waals surface area contributed by atoms with E-state index in [1.807, 2.05) is 19.2 Å². The lowest BCUT2D eigenvalue weighted by atomic mass is 9.84. The van der Waals surface area contributed by atoms with E-state index >= 15 is 0 Å². The van der Waals surface area contributed by atoms with Crippen molar-refractivity contribution in [2.45, 2.75) is 49.3 Å². The summed E-state index contributed by atoms with van der Waals surface area (Å²) in [6.45, 7) is 5.87. The smallest absolute Gasteiger partial charge is 0.242 e. The highest BCUT2D eigenvalue weighted by Gasteiger charge is 2.37. The second kappa shape index (κ2) is 7.00. The van der Waals surface area contributed by atoms with E-state index < -0.39 is 10.0 Å². The minimum atomic E-state index is -3.42. The van der Waals surface area contributed by atoms with Crippen molar-refractivity contribution in [3.05, 3.63) is 15.8 Å². The van der Waals surface area contributed by atoms with Crippen LogP contribution in [-0.4, -0.2) is 32.5 Å². The molecule has 0 aromatic carbocycles. The van der Waals surface area contributed by atoms with Gasteiger partial charge in [0.1, 0.15) is 4.90 Å². The van der Waals surface area contributed by atoms with Gasteiger partial charge in [0.25, 0.3) is 0 Å². The molecule has 1 aliphatic rings. The van der Waals surface area contributed by atoms with Gasteiger partial charge in [-0.15, -0.1) is 11.3 Å². The summed E-state index contributed by atoms with van der Waals surface area (Å²) in [5.41, 5.74) is 0.840. The summed E-state index contributed by atoms with van der Waals surface area (Å²) in [7, 11) is -3.42. The number of thioether (sulfide) groups is 1. The first-order valence-electron chi connectivity index (χ1n) is 7.26. The number of sulfonamides is 1. The summed E-state index contributed by atoms with van der Waals surface area (Å²) in [6.07, 6.45) is 5.47. The molecule has 4 nitrogen and oxygen atoms in total. The lowest BCUT2D eigenvalue weighted by Gasteiger charge is -2.40. The molecule has 0 unspecified atom stereocenters. The summed E-state index contributed by atoms with van der Waals surface area (Å²) in [6, 6.07) is 0. The number of hydrogen-bond donors (Lipinski definition) is 2. The lowest BCUT2D eigenvalue weighted by Crippen LogP contribution is -2.45. The zero-order valence-corrected chi connectivity index (χ0v) is 15.3. The van der Waals surface area contributed by atoms with Crippen LogP contribution in [0, 0.1) is 6.92 Å². The highest BCUT2D eigenvalue weighted by molar-refractivity contribution is 8.00. The first-order valence-corrected chi connectivity index (χ1v) is 10.9. The molecule has 2 N–H and O–H groups in total. The van der Waals surface area contributed by atoms with Gasteiger partial charge >= 0.3 is 0 Å². The number of hydrogen-bond acceptors (Lipinski definition) is 5. The fraction of sp³-hybridized carbons (Fsp3) is 0.714. The summed E-state index contributed by atoms with van der Waals surface area (Å²) < 4.78 is 28.3. The van der Waals surface area contributed by atoms with Crippen LogP contribution in [0.4, 0.5) is 0 Å². The Hall–Kier alpha value is -0.0800. The Labute approximate surface area is 136 Å². The van der Waals surface area contributed by atoms with Gasteiger partial charge in [0, 0.05) is 22.7 Å². The van der Waals surface area contributed by atoms with E-state index in [9.17, 15) is 8.42 Å². The maximum absolute atomic E-state index is 12.7. The molecule has 0 aliphatic heterocycles. The van der Waals surface area contributed by atoms with E-state index in [4.69, 9.17) is 0 Å². The molecular weight excluding hydrogens is 324 g/mol. The standard InChI is InChI=1S/C14H24N2O2S3/c1-4-15-8-12-13(11(2)9-20-12)21(17,18)16-10-14(19-3)6-5-7-14/h9,15-16H,4-8,10H2,1-3H3. The molecule has 0 radical (unpaired) electrons. The summed E-state index contributed by atoms with van der Waals surface area (Å²) in [5, 5.41) is 5.14. The summed E-state index contributed by atoms with van der Waals surface area (Å²) in [4.78, 5) is 1.37. The van der Waals surface area contributed by atoms with Crippen molar-refractivity contribution in [2.24, 2.45) is 0 Å². The van der Waals surface area contributed by atoms with Crippen LogP contribution in [0.2, 0.25) is 0 Å². The molecule has 0 bridgehead atoms. The quantitative estimate of drug-likeness (QED) is 0.758. The molecule has 1 aromatic heterocycles. The van der Waals surface area contributed by atoms with Crippen LogP contribution in [0.25, 0.3) is 0 Å². The van der Waals surface area contributed by atoms with E-state index in [1.54, 1.807) is 11.8 Å². The van der Waals surface area contributed by atoms with Gasteiger partial charge in [-0.2, -0.15) is 11.8 Å². The fourth-order valence-electron chi connectivity index (χ4n) is 2.53. The molecule has 0 spiro atoms. The highest BCUT2D eigenvalue weighted by atomic mass is 32.2. The zero-order valence-electron chi connectivity index (χ0n) is 12.9. The molecule has 2 rings (SSSR count). The first kappa shape index (κ1) is 17.3. The number of rotatable bonds is 8. The van der Waals surface area contributed by atoms with E-state index in [2.05, 4.69) is 16.3 Å². The van der Waals surface area contributed by atoms with Crippen LogP contribution in [0.3, 0.4) is 0 Å². The lowest BCUT2D eigenvalue weighted by molar-refractivity contribution is 0.362. The third-order valence-electron chi connectivity index (χ3n) is 4.08. The molecule has 1 fully saturated rings. The van der Waals surface area contributed by atoms with E-state index in [-0.39, 0.29) is 4.75 Å². The van der Waals surface area contributed by atoms with Crippen LogP contribution in [0.15, 0.2) is 10.3 Å². The second-order valence-electron chi connectivity index (χ2n) is 5.52. The van der Waals surface area contributed by atoms with Crippen molar-refractivity contribution in [3.63, 3.8) is 0 Å². The van der Waals surface area contributed by atoms with Gasteiger partial charge in [0.15, 0.2) is 0 Å². The Morgan fingerprint density at radius 2 is 2.14 bits per heavy atom.